The first-order valence-electron chi connectivity index (χ1n) is 8.26. The van der Waals surface area contributed by atoms with Gasteiger partial charge in [0, 0.05) is 18.4 Å². The maximum Gasteiger partial charge on any atom is 0.326 e. The van der Waals surface area contributed by atoms with E-state index in [1.54, 1.807) is 41.7 Å². The Morgan fingerprint density at radius 3 is 1.92 bits per heavy atom. The molecule has 0 aromatic carbocycles. The molecule has 0 bridgehead atoms. The van der Waals surface area contributed by atoms with Crippen LogP contribution >= 0.6 is 0 Å². The second-order valence-corrected chi connectivity index (χ2v) is 7.16. The van der Waals surface area contributed by atoms with Gasteiger partial charge < -0.3 is 25.6 Å². The highest BCUT2D eigenvalue weighted by Gasteiger charge is 2.34. The predicted molar refractivity (Wildman–Crippen MR) is 91.0 cm³/mol. The summed E-state index contributed by atoms with van der Waals surface area (Å²) in [6, 6.07) is -0.753. The van der Waals surface area contributed by atoms with Crippen molar-refractivity contribution in [2.75, 3.05) is 13.6 Å². The zero-order valence-electron chi connectivity index (χ0n) is 15.8. The molecule has 0 fully saturated rings. The topological polar surface area (TPSA) is 124 Å². The van der Waals surface area contributed by atoms with Gasteiger partial charge in [0.25, 0.3) is 0 Å². The number of carbonyl (C=O) groups is 3. The highest BCUT2D eigenvalue weighted by Crippen LogP contribution is 2.20. The van der Waals surface area contributed by atoms with E-state index in [1.165, 1.54) is 4.90 Å². The van der Waals surface area contributed by atoms with E-state index in [9.17, 15) is 19.5 Å². The Balaban J connectivity index is 0. The molecule has 7 nitrogen and oxygen atoms in total. The molecule has 1 amide bonds. The Hall–Kier alpha value is -1.63. The summed E-state index contributed by atoms with van der Waals surface area (Å²) in [5.41, 5.74) is 4.64. The van der Waals surface area contributed by atoms with Crippen molar-refractivity contribution in [3.8, 4) is 0 Å². The first-order chi connectivity index (χ1) is 10.9. The number of aliphatic carboxylic acids is 2. The average molecular weight is 345 g/mol. The summed E-state index contributed by atoms with van der Waals surface area (Å²) < 4.78 is 0. The first-order valence-corrected chi connectivity index (χ1v) is 8.26. The Morgan fingerprint density at radius 2 is 1.62 bits per heavy atom. The van der Waals surface area contributed by atoms with Crippen molar-refractivity contribution >= 4 is 17.8 Å². The average Bonchev–Trinajstić information content (AvgIpc) is 2.41. The van der Waals surface area contributed by atoms with Gasteiger partial charge in [0.1, 0.15) is 6.04 Å². The van der Waals surface area contributed by atoms with E-state index in [4.69, 9.17) is 10.8 Å². The number of amides is 1. The molecule has 24 heavy (non-hydrogen) atoms. The lowest BCUT2D eigenvalue weighted by Crippen LogP contribution is -2.49. The molecule has 3 N–H and O–H groups in total. The van der Waals surface area contributed by atoms with Crippen molar-refractivity contribution in [1.29, 1.82) is 0 Å². The number of likely N-dealkylation sites (N-methyl/N-ethyl adjacent to an activating group) is 1. The van der Waals surface area contributed by atoms with E-state index in [0.717, 1.165) is 12.8 Å². The standard InChI is InChI=1S/C11H21NO3.C6H13NO2/c1-7(2)8(9(13)14)12(6)10(15)11(3,4)5;7-5-3-1-2-4-6(8)9/h7-8H,1-6H3,(H,13,14);1-5,7H2,(H,8,9)/p-1/t8-;/m0./s1. The number of nitrogens with two attached hydrogens (primary N) is 1. The summed E-state index contributed by atoms with van der Waals surface area (Å²) in [7, 11) is 1.55. The third kappa shape index (κ3) is 11.0. The molecule has 142 valence electrons. The molecule has 0 spiro atoms. The van der Waals surface area contributed by atoms with Crippen LogP contribution in [0.3, 0.4) is 0 Å². The number of unbranched alkanes of at least 4 members (excludes halogenated alkanes) is 2. The highest BCUT2D eigenvalue weighted by molar-refractivity contribution is 5.86. The third-order valence-electron chi connectivity index (χ3n) is 3.35. The van der Waals surface area contributed by atoms with Crippen LogP contribution in [-0.4, -0.2) is 47.5 Å². The third-order valence-corrected chi connectivity index (χ3v) is 3.35. The van der Waals surface area contributed by atoms with Crippen molar-refractivity contribution < 1.29 is 24.6 Å². The largest absolute Gasteiger partial charge is 0.550 e. The van der Waals surface area contributed by atoms with E-state index in [-0.39, 0.29) is 18.2 Å². The smallest absolute Gasteiger partial charge is 0.326 e. The zero-order chi connectivity index (χ0) is 19.5. The number of carboxylic acid groups (broad SMARTS) is 2. The number of hydrogen-bond acceptors (Lipinski definition) is 5. The molecule has 0 aliphatic rings. The van der Waals surface area contributed by atoms with E-state index in [1.807, 2.05) is 0 Å². The molecule has 0 aromatic rings. The van der Waals surface area contributed by atoms with Gasteiger partial charge >= 0.3 is 5.97 Å². The zero-order valence-corrected chi connectivity index (χ0v) is 15.8. The summed E-state index contributed by atoms with van der Waals surface area (Å²) >= 11 is 0. The van der Waals surface area contributed by atoms with E-state index in [2.05, 4.69) is 0 Å². The fourth-order valence-electron chi connectivity index (χ4n) is 2.14. The maximum absolute atomic E-state index is 11.9. The van der Waals surface area contributed by atoms with Gasteiger partial charge in [0.05, 0.1) is 0 Å². The molecule has 0 saturated carbocycles. The lowest BCUT2D eigenvalue weighted by atomic mass is 9.92. The van der Waals surface area contributed by atoms with Crippen molar-refractivity contribution in [2.24, 2.45) is 17.1 Å². The van der Waals surface area contributed by atoms with Crippen molar-refractivity contribution in [1.82, 2.24) is 4.90 Å². The molecule has 0 heterocycles. The summed E-state index contributed by atoms with van der Waals surface area (Å²) in [6.07, 6.45) is 2.66. The number of carbonyl (C=O) groups excluding carboxylic acids is 2. The quantitative estimate of drug-likeness (QED) is 0.629. The van der Waals surface area contributed by atoms with Gasteiger partial charge in [0.2, 0.25) is 5.91 Å². The van der Waals surface area contributed by atoms with Gasteiger partial charge in [-0.1, -0.05) is 41.0 Å². The molecule has 0 saturated heterocycles. The maximum atomic E-state index is 11.9. The van der Waals surface area contributed by atoms with Gasteiger partial charge in [-0.3, -0.25) is 4.79 Å². The normalized spacial score (nSPS) is 12.2. The number of carboxylic acids is 2. The van der Waals surface area contributed by atoms with Gasteiger partial charge in [-0.05, 0) is 31.7 Å². The summed E-state index contributed by atoms with van der Waals surface area (Å²) in [6.45, 7) is 9.59. The van der Waals surface area contributed by atoms with E-state index >= 15 is 0 Å². The lowest BCUT2D eigenvalue weighted by Gasteiger charge is -2.32. The van der Waals surface area contributed by atoms with Crippen LogP contribution in [-0.2, 0) is 14.4 Å². The first kappa shape index (κ1) is 24.6. The summed E-state index contributed by atoms with van der Waals surface area (Å²) in [5, 5.41) is 18.9. The molecule has 0 rings (SSSR count). The van der Waals surface area contributed by atoms with Crippen molar-refractivity contribution in [3.63, 3.8) is 0 Å². The van der Waals surface area contributed by atoms with E-state index in [0.29, 0.717) is 13.0 Å². The number of nitrogens with zero attached hydrogens (tertiary/aromatic N) is 1. The number of hydrogen-bond donors (Lipinski definition) is 2. The Morgan fingerprint density at radius 1 is 1.12 bits per heavy atom. The summed E-state index contributed by atoms with van der Waals surface area (Å²) in [4.78, 5) is 34.0. The van der Waals surface area contributed by atoms with Crippen LogP contribution in [0.15, 0.2) is 0 Å². The molecule has 1 atom stereocenters. The molecular weight excluding hydrogens is 312 g/mol. The Labute approximate surface area is 145 Å². The van der Waals surface area contributed by atoms with Gasteiger partial charge in [-0.2, -0.15) is 0 Å². The molecule has 0 radical (unpaired) electrons. The van der Waals surface area contributed by atoms with Crippen LogP contribution < -0.4 is 10.8 Å². The molecule has 0 aliphatic carbocycles. The number of rotatable bonds is 8. The van der Waals surface area contributed by atoms with Crippen LogP contribution in [0.4, 0.5) is 0 Å². The van der Waals surface area contributed by atoms with Crippen LogP contribution in [0.5, 0.6) is 0 Å². The fourth-order valence-corrected chi connectivity index (χ4v) is 2.14. The van der Waals surface area contributed by atoms with Crippen LogP contribution in [0.2, 0.25) is 0 Å². The lowest BCUT2D eigenvalue weighted by molar-refractivity contribution is -0.305. The molecular formula is C17H33N2O5-. The minimum Gasteiger partial charge on any atom is -0.550 e. The van der Waals surface area contributed by atoms with Crippen LogP contribution in [0.1, 0.15) is 60.3 Å². The van der Waals surface area contributed by atoms with Gasteiger partial charge in [-0.25, -0.2) is 4.79 Å². The Bertz CT molecular complexity index is 402. The van der Waals surface area contributed by atoms with Crippen molar-refractivity contribution in [2.45, 2.75) is 66.3 Å². The highest BCUT2D eigenvalue weighted by atomic mass is 16.4. The fraction of sp³-hybridized carbons (Fsp3) is 0.824. The molecule has 7 heteroatoms. The van der Waals surface area contributed by atoms with Gasteiger partial charge in [0.15, 0.2) is 0 Å². The van der Waals surface area contributed by atoms with Gasteiger partial charge in [-0.15, -0.1) is 0 Å². The van der Waals surface area contributed by atoms with E-state index < -0.39 is 23.4 Å². The van der Waals surface area contributed by atoms with Crippen LogP contribution in [0, 0.1) is 11.3 Å². The monoisotopic (exact) mass is 345 g/mol. The second kappa shape index (κ2) is 11.8. The predicted octanol–water partition coefficient (Wildman–Crippen LogP) is 0.856. The molecule has 0 aromatic heterocycles. The Kier molecular flexibility index (Phi) is 12.1. The minimum atomic E-state index is -0.966. The summed E-state index contributed by atoms with van der Waals surface area (Å²) in [5.74, 6) is -2.17. The molecule has 0 unspecified atom stereocenters. The van der Waals surface area contributed by atoms with Crippen LogP contribution in [0.25, 0.3) is 0 Å². The van der Waals surface area contributed by atoms with Crippen molar-refractivity contribution in [3.05, 3.63) is 0 Å². The second-order valence-electron chi connectivity index (χ2n) is 7.16. The minimum absolute atomic E-state index is 0.0983. The molecule has 0 aliphatic heterocycles. The SMILES string of the molecule is CC(C)[C@@H](C(=O)O)N(C)C(=O)C(C)(C)C.NCCCCCC(=O)[O-].